The molecule has 0 atom stereocenters. The molecule has 2 aromatic carbocycles. The molecule has 1 aliphatic rings. The molecule has 29 heavy (non-hydrogen) atoms. The number of hydrogen-bond acceptors (Lipinski definition) is 2. The van der Waals surface area contributed by atoms with Crippen LogP contribution in [0, 0.1) is 11.2 Å². The van der Waals surface area contributed by atoms with E-state index < -0.39 is 5.97 Å². The minimum Gasteiger partial charge on any atom is -0.481 e. The Hall–Kier alpha value is -2.40. The maximum atomic E-state index is 13.8. The van der Waals surface area contributed by atoms with E-state index in [1.165, 1.54) is 12.1 Å². The molecule has 1 N–H and O–H groups in total. The van der Waals surface area contributed by atoms with Crippen LogP contribution in [0.1, 0.15) is 49.9 Å². The van der Waals surface area contributed by atoms with Crippen LogP contribution < -0.4 is 0 Å². The molecule has 0 bridgehead atoms. The summed E-state index contributed by atoms with van der Waals surface area (Å²) < 4.78 is 15.9. The molecule has 1 saturated carbocycles. The van der Waals surface area contributed by atoms with Crippen LogP contribution in [0.3, 0.4) is 0 Å². The van der Waals surface area contributed by atoms with Gasteiger partial charge in [-0.2, -0.15) is 0 Å². The van der Waals surface area contributed by atoms with Crippen LogP contribution in [0.25, 0.3) is 11.0 Å². The zero-order valence-corrected chi connectivity index (χ0v) is 17.0. The van der Waals surface area contributed by atoms with Crippen molar-refractivity contribution in [3.05, 3.63) is 64.7 Å². The minimum atomic E-state index is -0.765. The van der Waals surface area contributed by atoms with Gasteiger partial charge in [-0.1, -0.05) is 43.0 Å². The largest absolute Gasteiger partial charge is 0.481 e. The van der Waals surface area contributed by atoms with E-state index >= 15 is 0 Å². The number of carboxylic acid groups (broad SMARTS) is 1. The third-order valence-electron chi connectivity index (χ3n) is 6.02. The Morgan fingerprint density at radius 2 is 1.86 bits per heavy atom. The second-order valence-corrected chi connectivity index (χ2v) is 8.62. The standard InChI is InChI=1S/C23H24ClFN2O2/c24-17-6-4-16(5-7-17)15-27-20-9-8-18(25)12-19(20)26-21(27)13-23(14-22(28)29)10-2-1-3-11-23/h4-9,12H,1-3,10-11,13-15H2,(H,28,29). The van der Waals surface area contributed by atoms with Crippen molar-refractivity contribution in [3.63, 3.8) is 0 Å². The average Bonchev–Trinajstić information content (AvgIpc) is 2.99. The molecule has 0 unspecified atom stereocenters. The number of benzene rings is 2. The minimum absolute atomic E-state index is 0.144. The predicted octanol–water partition coefficient (Wildman–Crippen LogP) is 5.84. The van der Waals surface area contributed by atoms with Crippen molar-refractivity contribution < 1.29 is 14.3 Å². The third-order valence-corrected chi connectivity index (χ3v) is 6.27. The number of aromatic nitrogens is 2. The fourth-order valence-corrected chi connectivity index (χ4v) is 4.74. The number of aliphatic carboxylic acids is 1. The highest BCUT2D eigenvalue weighted by atomic mass is 35.5. The topological polar surface area (TPSA) is 55.1 Å². The van der Waals surface area contributed by atoms with Crippen LogP contribution in [0.4, 0.5) is 4.39 Å². The van der Waals surface area contributed by atoms with Crippen LogP contribution in [0.15, 0.2) is 42.5 Å². The Bertz CT molecular complexity index is 1020. The van der Waals surface area contributed by atoms with Crippen molar-refractivity contribution in [1.82, 2.24) is 9.55 Å². The quantitative estimate of drug-likeness (QED) is 0.550. The second kappa shape index (κ2) is 8.15. The van der Waals surface area contributed by atoms with E-state index in [9.17, 15) is 14.3 Å². The summed E-state index contributed by atoms with van der Waals surface area (Å²) >= 11 is 6.02. The highest BCUT2D eigenvalue weighted by Crippen LogP contribution is 2.42. The Morgan fingerprint density at radius 1 is 1.14 bits per heavy atom. The van der Waals surface area contributed by atoms with Gasteiger partial charge in [0.1, 0.15) is 11.6 Å². The number of imidazole rings is 1. The first kappa shape index (κ1) is 19.9. The van der Waals surface area contributed by atoms with Gasteiger partial charge in [0.25, 0.3) is 0 Å². The molecular formula is C23H24ClFN2O2. The molecule has 1 fully saturated rings. The smallest absolute Gasteiger partial charge is 0.303 e. The maximum absolute atomic E-state index is 13.8. The summed E-state index contributed by atoms with van der Waals surface area (Å²) in [7, 11) is 0. The van der Waals surface area contributed by atoms with E-state index in [1.807, 2.05) is 24.3 Å². The molecule has 0 amide bonds. The Labute approximate surface area is 174 Å². The van der Waals surface area contributed by atoms with Gasteiger partial charge in [-0.25, -0.2) is 9.37 Å². The van der Waals surface area contributed by atoms with Crippen LogP contribution >= 0.6 is 11.6 Å². The lowest BCUT2D eigenvalue weighted by Gasteiger charge is -2.36. The highest BCUT2D eigenvalue weighted by molar-refractivity contribution is 6.30. The molecule has 6 heteroatoms. The normalized spacial score (nSPS) is 16.2. The molecular weight excluding hydrogens is 391 g/mol. The van der Waals surface area contributed by atoms with E-state index in [4.69, 9.17) is 16.6 Å². The maximum Gasteiger partial charge on any atom is 0.303 e. The van der Waals surface area contributed by atoms with Crippen LogP contribution in [0.5, 0.6) is 0 Å². The summed E-state index contributed by atoms with van der Waals surface area (Å²) in [6.45, 7) is 0.581. The van der Waals surface area contributed by atoms with Crippen molar-refractivity contribution in [1.29, 1.82) is 0 Å². The molecule has 3 aromatic rings. The number of carbonyl (C=O) groups is 1. The summed E-state index contributed by atoms with van der Waals surface area (Å²) in [5.41, 5.74) is 2.24. The molecule has 4 nitrogen and oxygen atoms in total. The first-order valence-corrected chi connectivity index (χ1v) is 10.4. The SMILES string of the molecule is O=C(O)CC1(Cc2nc3cc(F)ccc3n2Cc2ccc(Cl)cc2)CCCCC1. The summed E-state index contributed by atoms with van der Waals surface area (Å²) in [6.07, 6.45) is 5.73. The summed E-state index contributed by atoms with van der Waals surface area (Å²) in [5.74, 6) is -0.264. The first-order chi connectivity index (χ1) is 13.9. The predicted molar refractivity (Wildman–Crippen MR) is 112 cm³/mol. The van der Waals surface area contributed by atoms with Crippen molar-refractivity contribution in [2.45, 2.75) is 51.5 Å². The molecule has 4 rings (SSSR count). The lowest BCUT2D eigenvalue weighted by atomic mass is 9.69. The lowest BCUT2D eigenvalue weighted by molar-refractivity contribution is -0.140. The van der Waals surface area contributed by atoms with Crippen LogP contribution in [-0.2, 0) is 17.8 Å². The fourth-order valence-electron chi connectivity index (χ4n) is 4.61. The molecule has 1 aliphatic carbocycles. The summed E-state index contributed by atoms with van der Waals surface area (Å²) in [5, 5.41) is 10.2. The van der Waals surface area contributed by atoms with Crippen molar-refractivity contribution in [2.75, 3.05) is 0 Å². The van der Waals surface area contributed by atoms with Gasteiger partial charge in [0, 0.05) is 24.1 Å². The molecule has 1 aromatic heterocycles. The Balaban J connectivity index is 1.75. The number of rotatable bonds is 6. The van der Waals surface area contributed by atoms with E-state index in [1.54, 1.807) is 6.07 Å². The number of halogens is 2. The molecule has 0 radical (unpaired) electrons. The lowest BCUT2D eigenvalue weighted by Crippen LogP contribution is -2.31. The van der Waals surface area contributed by atoms with Crippen LogP contribution in [-0.4, -0.2) is 20.6 Å². The monoisotopic (exact) mass is 414 g/mol. The highest BCUT2D eigenvalue weighted by Gasteiger charge is 2.36. The summed E-state index contributed by atoms with van der Waals surface area (Å²) in [4.78, 5) is 16.3. The Kier molecular flexibility index (Phi) is 5.59. The number of nitrogens with zero attached hydrogens (tertiary/aromatic N) is 2. The van der Waals surface area contributed by atoms with E-state index in [0.29, 0.717) is 23.5 Å². The zero-order chi connectivity index (χ0) is 20.4. The second-order valence-electron chi connectivity index (χ2n) is 8.18. The van der Waals surface area contributed by atoms with Gasteiger partial charge in [0.2, 0.25) is 0 Å². The number of hydrogen-bond donors (Lipinski definition) is 1. The van der Waals surface area contributed by atoms with E-state index in [0.717, 1.165) is 49.0 Å². The van der Waals surface area contributed by atoms with Gasteiger partial charge in [-0.15, -0.1) is 0 Å². The van der Waals surface area contributed by atoms with Gasteiger partial charge in [0.05, 0.1) is 17.5 Å². The molecule has 1 heterocycles. The number of fused-ring (bicyclic) bond motifs is 1. The Morgan fingerprint density at radius 3 is 2.55 bits per heavy atom. The van der Waals surface area contributed by atoms with Gasteiger partial charge in [-0.3, -0.25) is 4.79 Å². The number of carboxylic acids is 1. The van der Waals surface area contributed by atoms with Crippen molar-refractivity contribution >= 4 is 28.6 Å². The molecule has 0 aliphatic heterocycles. The van der Waals surface area contributed by atoms with Crippen molar-refractivity contribution in [2.24, 2.45) is 5.41 Å². The van der Waals surface area contributed by atoms with Gasteiger partial charge in [-0.05, 0) is 48.1 Å². The average molecular weight is 415 g/mol. The van der Waals surface area contributed by atoms with Crippen LogP contribution in [0.2, 0.25) is 5.02 Å². The van der Waals surface area contributed by atoms with Crippen molar-refractivity contribution in [3.8, 4) is 0 Å². The van der Waals surface area contributed by atoms with Gasteiger partial charge < -0.3 is 9.67 Å². The van der Waals surface area contributed by atoms with Gasteiger partial charge >= 0.3 is 5.97 Å². The molecule has 0 spiro atoms. The zero-order valence-electron chi connectivity index (χ0n) is 16.2. The first-order valence-electron chi connectivity index (χ1n) is 10.1. The third kappa shape index (κ3) is 4.45. The van der Waals surface area contributed by atoms with E-state index in [-0.39, 0.29) is 17.7 Å². The summed E-state index contributed by atoms with van der Waals surface area (Å²) in [6, 6.07) is 12.3. The molecule has 0 saturated heterocycles. The van der Waals surface area contributed by atoms with E-state index in [2.05, 4.69) is 4.57 Å². The molecule has 152 valence electrons. The fraction of sp³-hybridized carbons (Fsp3) is 0.391. The van der Waals surface area contributed by atoms with Gasteiger partial charge in [0.15, 0.2) is 0 Å².